The van der Waals surface area contributed by atoms with Gasteiger partial charge in [0, 0.05) is 17.7 Å². The summed E-state index contributed by atoms with van der Waals surface area (Å²) in [5.41, 5.74) is 0.651. The molecule has 1 heterocycles. The normalized spacial score (nSPS) is 10.8. The number of halogens is 2. The van der Waals surface area contributed by atoms with Gasteiger partial charge in [-0.25, -0.2) is 4.39 Å². The van der Waals surface area contributed by atoms with E-state index in [2.05, 4.69) is 15.9 Å². The van der Waals surface area contributed by atoms with Crippen molar-refractivity contribution in [2.45, 2.75) is 0 Å². The molecule has 1 aromatic heterocycles. The summed E-state index contributed by atoms with van der Waals surface area (Å²) in [6, 6.07) is 8.68. The van der Waals surface area contributed by atoms with Crippen LogP contribution >= 0.6 is 15.9 Å². The van der Waals surface area contributed by atoms with E-state index < -0.39 is 0 Å². The van der Waals surface area contributed by atoms with Crippen LogP contribution in [-0.2, 0) is 0 Å². The van der Waals surface area contributed by atoms with Gasteiger partial charge in [0.2, 0.25) is 0 Å². The number of rotatable bonds is 3. The molecule has 0 aliphatic rings. The molecule has 0 spiro atoms. The highest BCUT2D eigenvalue weighted by Crippen LogP contribution is 2.39. The van der Waals surface area contributed by atoms with Crippen molar-refractivity contribution >= 4 is 26.9 Å². The molecule has 0 saturated heterocycles. The Hall–Kier alpha value is -2.34. The fraction of sp³-hybridized carbons (Fsp3) is 0.118. The molecule has 0 amide bonds. The van der Waals surface area contributed by atoms with Gasteiger partial charge in [-0.1, -0.05) is 0 Å². The van der Waals surface area contributed by atoms with Gasteiger partial charge >= 0.3 is 0 Å². The van der Waals surface area contributed by atoms with Gasteiger partial charge in [-0.15, -0.1) is 0 Å². The average Bonchev–Trinajstić information content (AvgIpc) is 2.56. The number of hydrogen-bond donors (Lipinski definition) is 0. The molecular weight excluding hydrogens is 367 g/mol. The standard InChI is InChI=1S/C17H12BrFO4/c1-21-13-8-14(22-2)16(18)17-15(13)11(20)7-12(23-17)9-3-5-10(19)6-4-9/h3-8H,1-2H3. The maximum absolute atomic E-state index is 13.1. The third kappa shape index (κ3) is 2.70. The number of benzene rings is 2. The first kappa shape index (κ1) is 15.6. The van der Waals surface area contributed by atoms with Crippen LogP contribution < -0.4 is 14.9 Å². The van der Waals surface area contributed by atoms with E-state index in [9.17, 15) is 9.18 Å². The molecule has 0 fully saturated rings. The zero-order valence-electron chi connectivity index (χ0n) is 12.4. The first-order chi connectivity index (χ1) is 11.0. The summed E-state index contributed by atoms with van der Waals surface area (Å²) < 4.78 is 29.9. The first-order valence-corrected chi connectivity index (χ1v) is 7.48. The Kier molecular flexibility index (Phi) is 4.09. The molecule has 2 aromatic carbocycles. The molecule has 0 bridgehead atoms. The molecule has 3 aromatic rings. The molecule has 0 N–H and O–H groups in total. The minimum atomic E-state index is -0.360. The molecular formula is C17H12BrFO4. The minimum Gasteiger partial charge on any atom is -0.496 e. The molecule has 0 unspecified atom stereocenters. The summed E-state index contributed by atoms with van der Waals surface area (Å²) in [7, 11) is 2.97. The SMILES string of the molecule is COc1cc(OC)c2c(=O)cc(-c3ccc(F)cc3)oc2c1Br. The molecule has 0 atom stereocenters. The van der Waals surface area contributed by atoms with Crippen molar-refractivity contribution in [3.63, 3.8) is 0 Å². The van der Waals surface area contributed by atoms with Gasteiger partial charge in [-0.2, -0.15) is 0 Å². The number of methoxy groups -OCH3 is 2. The topological polar surface area (TPSA) is 48.7 Å². The van der Waals surface area contributed by atoms with Gasteiger partial charge in [0.25, 0.3) is 0 Å². The molecule has 0 radical (unpaired) electrons. The van der Waals surface area contributed by atoms with Crippen LogP contribution in [0.15, 0.2) is 50.1 Å². The fourth-order valence-electron chi connectivity index (χ4n) is 2.31. The Balaban J connectivity index is 2.34. The van der Waals surface area contributed by atoms with Crippen LogP contribution in [0.1, 0.15) is 0 Å². The fourth-order valence-corrected chi connectivity index (χ4v) is 2.87. The van der Waals surface area contributed by atoms with Crippen molar-refractivity contribution < 1.29 is 18.3 Å². The Morgan fingerprint density at radius 2 is 1.70 bits per heavy atom. The van der Waals surface area contributed by atoms with Crippen molar-refractivity contribution in [3.05, 3.63) is 56.9 Å². The van der Waals surface area contributed by atoms with Crippen LogP contribution in [0.3, 0.4) is 0 Å². The highest BCUT2D eigenvalue weighted by molar-refractivity contribution is 9.10. The lowest BCUT2D eigenvalue weighted by atomic mass is 10.1. The Morgan fingerprint density at radius 1 is 1.04 bits per heavy atom. The lowest BCUT2D eigenvalue weighted by Crippen LogP contribution is -2.04. The predicted octanol–water partition coefficient (Wildman–Crippen LogP) is 4.38. The molecule has 3 rings (SSSR count). The van der Waals surface area contributed by atoms with Crippen molar-refractivity contribution in [1.29, 1.82) is 0 Å². The third-order valence-electron chi connectivity index (χ3n) is 3.44. The summed E-state index contributed by atoms with van der Waals surface area (Å²) in [6.07, 6.45) is 0. The maximum atomic E-state index is 13.1. The van der Waals surface area contributed by atoms with E-state index in [1.54, 1.807) is 18.2 Å². The number of fused-ring (bicyclic) bond motifs is 1. The van der Waals surface area contributed by atoms with Crippen molar-refractivity contribution in [2.75, 3.05) is 14.2 Å². The minimum absolute atomic E-state index is 0.259. The highest BCUT2D eigenvalue weighted by Gasteiger charge is 2.18. The summed E-state index contributed by atoms with van der Waals surface area (Å²) in [5, 5.41) is 0.311. The Labute approximate surface area is 139 Å². The summed E-state index contributed by atoms with van der Waals surface area (Å²) in [4.78, 5) is 12.5. The quantitative estimate of drug-likeness (QED) is 0.678. The highest BCUT2D eigenvalue weighted by atomic mass is 79.9. The molecule has 6 heteroatoms. The van der Waals surface area contributed by atoms with Crippen molar-refractivity contribution in [2.24, 2.45) is 0 Å². The second-order valence-electron chi connectivity index (χ2n) is 4.78. The van der Waals surface area contributed by atoms with Gasteiger partial charge in [-0.3, -0.25) is 4.79 Å². The van der Waals surface area contributed by atoms with Gasteiger partial charge in [0.1, 0.15) is 32.9 Å². The van der Waals surface area contributed by atoms with Gasteiger partial charge in [0.15, 0.2) is 11.0 Å². The van der Waals surface area contributed by atoms with Gasteiger partial charge in [0.05, 0.1) is 14.2 Å². The second-order valence-corrected chi connectivity index (χ2v) is 5.57. The van der Waals surface area contributed by atoms with E-state index in [0.717, 1.165) is 0 Å². The largest absolute Gasteiger partial charge is 0.496 e. The molecule has 23 heavy (non-hydrogen) atoms. The first-order valence-electron chi connectivity index (χ1n) is 6.69. The average molecular weight is 379 g/mol. The summed E-state index contributed by atoms with van der Waals surface area (Å²) >= 11 is 3.38. The zero-order valence-corrected chi connectivity index (χ0v) is 13.9. The van der Waals surface area contributed by atoms with Crippen LogP contribution in [0.5, 0.6) is 11.5 Å². The monoisotopic (exact) mass is 378 g/mol. The summed E-state index contributed by atoms with van der Waals surface area (Å²) in [5.74, 6) is 0.813. The smallest absolute Gasteiger partial charge is 0.197 e. The molecule has 0 saturated carbocycles. The lowest BCUT2D eigenvalue weighted by Gasteiger charge is -2.11. The molecule has 0 aliphatic carbocycles. The maximum Gasteiger partial charge on any atom is 0.197 e. The van der Waals surface area contributed by atoms with Crippen LogP contribution in [0.25, 0.3) is 22.3 Å². The third-order valence-corrected chi connectivity index (χ3v) is 4.19. The molecule has 4 nitrogen and oxygen atoms in total. The van der Waals surface area contributed by atoms with Crippen molar-refractivity contribution in [3.8, 4) is 22.8 Å². The van der Waals surface area contributed by atoms with Gasteiger partial charge < -0.3 is 13.9 Å². The van der Waals surface area contributed by atoms with E-state index in [1.807, 2.05) is 0 Å². The van der Waals surface area contributed by atoms with E-state index in [4.69, 9.17) is 13.9 Å². The van der Waals surface area contributed by atoms with Crippen molar-refractivity contribution in [1.82, 2.24) is 0 Å². The van der Waals surface area contributed by atoms with E-state index in [1.165, 1.54) is 32.4 Å². The zero-order chi connectivity index (χ0) is 16.6. The summed E-state index contributed by atoms with van der Waals surface area (Å²) in [6.45, 7) is 0. The van der Waals surface area contributed by atoms with Crippen LogP contribution in [0, 0.1) is 5.82 Å². The van der Waals surface area contributed by atoms with Crippen LogP contribution in [0.2, 0.25) is 0 Å². The second kappa shape index (κ2) is 6.04. The molecule has 0 aliphatic heterocycles. The van der Waals surface area contributed by atoms with E-state index in [0.29, 0.717) is 38.3 Å². The Bertz CT molecular complexity index is 932. The van der Waals surface area contributed by atoms with Crippen LogP contribution in [-0.4, -0.2) is 14.2 Å². The van der Waals surface area contributed by atoms with E-state index in [-0.39, 0.29) is 11.2 Å². The van der Waals surface area contributed by atoms with Gasteiger partial charge in [-0.05, 0) is 40.2 Å². The predicted molar refractivity (Wildman–Crippen MR) is 88.7 cm³/mol. The number of ether oxygens (including phenoxy) is 2. The van der Waals surface area contributed by atoms with E-state index >= 15 is 0 Å². The molecule has 118 valence electrons. The van der Waals surface area contributed by atoms with Crippen LogP contribution in [0.4, 0.5) is 4.39 Å². The lowest BCUT2D eigenvalue weighted by molar-refractivity contribution is 0.394. The Morgan fingerprint density at radius 3 is 2.30 bits per heavy atom. The number of hydrogen-bond acceptors (Lipinski definition) is 4.